The Morgan fingerprint density at radius 3 is 0.837 bits per heavy atom. The van der Waals surface area contributed by atoms with E-state index in [4.69, 9.17) is 0 Å². The standard InChI is InChI=1S/3C15H10N.Ir/c3*1-2-6-12(7-3-1)15-10-13-8-4-5-9-14(13)11-16-15;/h3*1-6,8-11H;/q3*-1;+3. The maximum absolute atomic E-state index is 4.45. The van der Waals surface area contributed by atoms with Crippen LogP contribution in [-0.2, 0) is 20.1 Å². The van der Waals surface area contributed by atoms with Crippen LogP contribution in [0.1, 0.15) is 0 Å². The van der Waals surface area contributed by atoms with Gasteiger partial charge in [-0.05, 0) is 49.4 Å². The van der Waals surface area contributed by atoms with Crippen molar-refractivity contribution < 1.29 is 20.1 Å². The summed E-state index contributed by atoms with van der Waals surface area (Å²) in [4.78, 5) is 13.3. The van der Waals surface area contributed by atoms with E-state index < -0.39 is 0 Å². The molecule has 0 unspecified atom stereocenters. The maximum atomic E-state index is 4.45. The molecule has 4 heteroatoms. The molecule has 0 fully saturated rings. The van der Waals surface area contributed by atoms with Crippen LogP contribution in [0.2, 0.25) is 0 Å². The summed E-state index contributed by atoms with van der Waals surface area (Å²) >= 11 is 0. The van der Waals surface area contributed by atoms with Gasteiger partial charge in [0.1, 0.15) is 0 Å². The number of benzene rings is 6. The average Bonchev–Trinajstić information content (AvgIpc) is 3.19. The van der Waals surface area contributed by atoms with Gasteiger partial charge in [0.05, 0.1) is 0 Å². The molecule has 0 radical (unpaired) electrons. The van der Waals surface area contributed by atoms with Crippen molar-refractivity contribution in [1.29, 1.82) is 0 Å². The van der Waals surface area contributed by atoms with Crippen molar-refractivity contribution in [3.8, 4) is 33.8 Å². The average molecular weight is 805 g/mol. The molecule has 3 nitrogen and oxygen atoms in total. The summed E-state index contributed by atoms with van der Waals surface area (Å²) in [5, 5.41) is 7.14. The molecule has 0 aliphatic carbocycles. The molecule has 9 rings (SSSR count). The first-order valence-corrected chi connectivity index (χ1v) is 15.8. The Morgan fingerprint density at radius 1 is 0.306 bits per heavy atom. The normalized spacial score (nSPS) is 10.3. The van der Waals surface area contributed by atoms with E-state index in [1.807, 2.05) is 128 Å². The summed E-state index contributed by atoms with van der Waals surface area (Å²) < 4.78 is 0. The molecular formula is C45H30IrN3. The first-order valence-electron chi connectivity index (χ1n) is 15.8. The van der Waals surface area contributed by atoms with Gasteiger partial charge in [0, 0.05) is 18.6 Å². The van der Waals surface area contributed by atoms with Gasteiger partial charge in [0.25, 0.3) is 0 Å². The number of fused-ring (bicyclic) bond motifs is 3. The molecule has 0 saturated carbocycles. The molecule has 0 saturated heterocycles. The van der Waals surface area contributed by atoms with Crippen LogP contribution in [0.25, 0.3) is 66.1 Å². The molecule has 49 heavy (non-hydrogen) atoms. The Morgan fingerprint density at radius 2 is 0.571 bits per heavy atom. The van der Waals surface area contributed by atoms with Gasteiger partial charge in [-0.15, -0.1) is 108 Å². The van der Waals surface area contributed by atoms with Crippen LogP contribution in [0.3, 0.4) is 0 Å². The van der Waals surface area contributed by atoms with Crippen LogP contribution in [0, 0.1) is 18.2 Å². The molecule has 0 aliphatic heterocycles. The quantitative estimate of drug-likeness (QED) is 0.167. The first kappa shape index (κ1) is 33.1. The predicted octanol–water partition coefficient (Wildman–Crippen LogP) is 11.1. The fourth-order valence-electron chi connectivity index (χ4n) is 5.35. The molecule has 0 bridgehead atoms. The van der Waals surface area contributed by atoms with Gasteiger partial charge in [-0.2, -0.15) is 0 Å². The molecule has 3 aromatic heterocycles. The number of aromatic nitrogens is 3. The van der Waals surface area contributed by atoms with Crippen molar-refractivity contribution in [1.82, 2.24) is 15.0 Å². The molecule has 234 valence electrons. The Hall–Kier alpha value is -5.80. The number of rotatable bonds is 3. The van der Waals surface area contributed by atoms with Crippen LogP contribution in [0.5, 0.6) is 0 Å². The second kappa shape index (κ2) is 16.3. The van der Waals surface area contributed by atoms with E-state index in [1.165, 1.54) is 32.3 Å². The second-order valence-electron chi connectivity index (χ2n) is 11.1. The zero-order valence-corrected chi connectivity index (χ0v) is 28.9. The van der Waals surface area contributed by atoms with E-state index in [0.29, 0.717) is 0 Å². The van der Waals surface area contributed by atoms with Crippen molar-refractivity contribution in [3.63, 3.8) is 0 Å². The maximum Gasteiger partial charge on any atom is 3.00 e. The van der Waals surface area contributed by atoms with E-state index in [-0.39, 0.29) is 20.1 Å². The summed E-state index contributed by atoms with van der Waals surface area (Å²) in [6.45, 7) is 0. The van der Waals surface area contributed by atoms with Gasteiger partial charge < -0.3 is 15.0 Å². The van der Waals surface area contributed by atoms with Crippen molar-refractivity contribution in [2.45, 2.75) is 0 Å². The molecule has 3 heterocycles. The van der Waals surface area contributed by atoms with Gasteiger partial charge in [-0.1, -0.05) is 91.0 Å². The van der Waals surface area contributed by atoms with Crippen LogP contribution in [0.15, 0.2) is 182 Å². The van der Waals surface area contributed by atoms with Crippen LogP contribution in [0.4, 0.5) is 0 Å². The van der Waals surface area contributed by atoms with E-state index in [2.05, 4.69) is 87.7 Å². The van der Waals surface area contributed by atoms with Gasteiger partial charge in [0.2, 0.25) is 0 Å². The molecule has 0 amide bonds. The van der Waals surface area contributed by atoms with Crippen molar-refractivity contribution in [2.24, 2.45) is 0 Å². The molecule has 0 spiro atoms. The molecule has 0 aliphatic rings. The summed E-state index contributed by atoms with van der Waals surface area (Å²) in [5.74, 6) is 0. The molecule has 0 N–H and O–H groups in total. The Labute approximate surface area is 300 Å². The first-order chi connectivity index (χ1) is 23.8. The second-order valence-corrected chi connectivity index (χ2v) is 11.1. The minimum atomic E-state index is 0. The fraction of sp³-hybridized carbons (Fsp3) is 0. The van der Waals surface area contributed by atoms with Crippen LogP contribution >= 0.6 is 0 Å². The number of hydrogen-bond acceptors (Lipinski definition) is 3. The number of nitrogens with zero attached hydrogens (tertiary/aromatic N) is 3. The number of hydrogen-bond donors (Lipinski definition) is 0. The molecule has 9 aromatic rings. The minimum Gasteiger partial charge on any atom is -0.304 e. The van der Waals surface area contributed by atoms with Crippen LogP contribution in [-0.4, -0.2) is 15.0 Å². The largest absolute Gasteiger partial charge is 3.00 e. The fourth-order valence-corrected chi connectivity index (χ4v) is 5.35. The van der Waals surface area contributed by atoms with Gasteiger partial charge in [-0.25, -0.2) is 0 Å². The zero-order chi connectivity index (χ0) is 32.4. The predicted molar refractivity (Wildman–Crippen MR) is 198 cm³/mol. The van der Waals surface area contributed by atoms with Crippen molar-refractivity contribution in [3.05, 3.63) is 201 Å². The monoisotopic (exact) mass is 805 g/mol. The van der Waals surface area contributed by atoms with E-state index in [1.54, 1.807) is 0 Å². The SMILES string of the molecule is [Ir+3].[c-]1ccccc1-c1cc2ccccc2cn1.[c-]1ccccc1-c1cc2ccccc2cn1.[c-]1ccccc1-c1cc2ccccc2cn1. The molecular weight excluding hydrogens is 775 g/mol. The smallest absolute Gasteiger partial charge is 0.304 e. The summed E-state index contributed by atoms with van der Waals surface area (Å²) in [7, 11) is 0. The minimum absolute atomic E-state index is 0. The van der Waals surface area contributed by atoms with E-state index in [0.717, 1.165) is 33.8 Å². The van der Waals surface area contributed by atoms with Crippen LogP contribution < -0.4 is 0 Å². The van der Waals surface area contributed by atoms with Gasteiger partial charge >= 0.3 is 20.1 Å². The summed E-state index contributed by atoms with van der Waals surface area (Å²) in [5.41, 5.74) is 6.02. The van der Waals surface area contributed by atoms with Crippen molar-refractivity contribution in [2.75, 3.05) is 0 Å². The number of pyridine rings is 3. The third-order valence-corrected chi connectivity index (χ3v) is 7.85. The summed E-state index contributed by atoms with van der Waals surface area (Å²) in [6.07, 6.45) is 5.72. The molecule has 0 atom stereocenters. The zero-order valence-electron chi connectivity index (χ0n) is 26.5. The Balaban J connectivity index is 0.000000126. The van der Waals surface area contributed by atoms with Crippen molar-refractivity contribution >= 4 is 32.3 Å². The third kappa shape index (κ3) is 8.38. The Kier molecular flexibility index (Phi) is 11.0. The van der Waals surface area contributed by atoms with E-state index in [9.17, 15) is 0 Å². The topological polar surface area (TPSA) is 38.7 Å². The van der Waals surface area contributed by atoms with Gasteiger partial charge in [-0.3, -0.25) is 0 Å². The Bertz CT molecular complexity index is 2120. The third-order valence-electron chi connectivity index (χ3n) is 7.85. The van der Waals surface area contributed by atoms with Gasteiger partial charge in [0.15, 0.2) is 0 Å². The van der Waals surface area contributed by atoms with E-state index >= 15 is 0 Å². The molecule has 6 aromatic carbocycles. The summed E-state index contributed by atoms with van der Waals surface area (Å²) in [6, 6.07) is 64.3.